The second-order valence-electron chi connectivity index (χ2n) is 6.70. The van der Waals surface area contributed by atoms with Crippen LogP contribution < -0.4 is 16.0 Å². The van der Waals surface area contributed by atoms with E-state index in [1.165, 1.54) is 6.21 Å². The van der Waals surface area contributed by atoms with E-state index in [0.717, 1.165) is 22.0 Å². The van der Waals surface area contributed by atoms with E-state index in [1.807, 2.05) is 43.3 Å². The van der Waals surface area contributed by atoms with Crippen molar-refractivity contribution in [2.45, 2.75) is 31.5 Å². The molecule has 0 radical (unpaired) electrons. The highest BCUT2D eigenvalue weighted by molar-refractivity contribution is 5.80. The fourth-order valence-corrected chi connectivity index (χ4v) is 2.79. The van der Waals surface area contributed by atoms with Crippen molar-refractivity contribution >= 4 is 17.7 Å². The Morgan fingerprint density at radius 1 is 1.29 bits per heavy atom. The van der Waals surface area contributed by atoms with E-state index in [0.29, 0.717) is 0 Å². The first-order valence-electron chi connectivity index (χ1n) is 8.64. The number of nitrogens with zero attached hydrogens (tertiary/aromatic N) is 4. The summed E-state index contributed by atoms with van der Waals surface area (Å²) in [5.74, 6) is -1.21. The van der Waals surface area contributed by atoms with Gasteiger partial charge in [0.25, 0.3) is 0 Å². The molecule has 2 aromatic rings. The molecule has 3 N–H and O–H groups in total. The van der Waals surface area contributed by atoms with Gasteiger partial charge in [0.1, 0.15) is 12.2 Å². The Bertz CT molecular complexity index is 915. The van der Waals surface area contributed by atoms with Crippen LogP contribution in [-0.4, -0.2) is 58.4 Å². The smallest absolute Gasteiger partial charge is 0.351 e. The fourth-order valence-electron chi connectivity index (χ4n) is 2.79. The third kappa shape index (κ3) is 4.03. The first-order valence-corrected chi connectivity index (χ1v) is 8.64. The minimum absolute atomic E-state index is 0.358. The number of aromatic nitrogens is 2. The molecule has 0 saturated carbocycles. The number of nitrogens with one attached hydrogen (secondary N) is 1. The van der Waals surface area contributed by atoms with Gasteiger partial charge in [0.2, 0.25) is 0 Å². The largest absolute Gasteiger partial charge is 0.388 e. The summed E-state index contributed by atoms with van der Waals surface area (Å²) in [6, 6.07) is 7.49. The van der Waals surface area contributed by atoms with E-state index in [9.17, 15) is 19.4 Å². The topological polar surface area (TPSA) is 112 Å². The van der Waals surface area contributed by atoms with Crippen molar-refractivity contribution < 1.29 is 19.3 Å². The minimum atomic E-state index is -1.36. The number of rotatable bonds is 5. The van der Waals surface area contributed by atoms with Gasteiger partial charge < -0.3 is 19.8 Å². The number of aliphatic hydroxyl groups excluding tert-OH is 2. The normalized spacial score (nSPS) is 24.6. The number of anilines is 2. The summed E-state index contributed by atoms with van der Waals surface area (Å²) in [7, 11) is 3.86. The maximum atomic E-state index is 14.3. The lowest BCUT2D eigenvalue weighted by Crippen LogP contribution is -2.35. The predicted molar refractivity (Wildman–Crippen MR) is 102 cm³/mol. The Labute approximate surface area is 160 Å². The number of hydrogen-bond donors (Lipinski definition) is 3. The first kappa shape index (κ1) is 19.9. The van der Waals surface area contributed by atoms with Crippen molar-refractivity contribution in [1.29, 1.82) is 0 Å². The van der Waals surface area contributed by atoms with E-state index in [2.05, 4.69) is 15.5 Å². The summed E-state index contributed by atoms with van der Waals surface area (Å²) in [4.78, 5) is 17.7. The van der Waals surface area contributed by atoms with Crippen LogP contribution in [0.3, 0.4) is 0 Å². The maximum absolute atomic E-state index is 14.3. The molecule has 0 spiro atoms. The van der Waals surface area contributed by atoms with Gasteiger partial charge in [-0.1, -0.05) is 12.1 Å². The second kappa shape index (κ2) is 8.05. The monoisotopic (exact) mass is 391 g/mol. The van der Waals surface area contributed by atoms with Gasteiger partial charge in [-0.25, -0.2) is 9.18 Å². The second-order valence-corrected chi connectivity index (χ2v) is 6.70. The van der Waals surface area contributed by atoms with Gasteiger partial charge in [-0.3, -0.25) is 9.99 Å². The highest BCUT2D eigenvalue weighted by Crippen LogP contribution is 2.28. The first-order chi connectivity index (χ1) is 13.3. The Morgan fingerprint density at radius 3 is 2.54 bits per heavy atom. The number of ether oxygens (including phenoxy) is 1. The molecule has 150 valence electrons. The number of halogens is 1. The summed E-state index contributed by atoms with van der Waals surface area (Å²) < 4.78 is 20.4. The molecule has 1 aliphatic heterocycles. The molecule has 1 aromatic carbocycles. The number of hydrazone groups is 1. The van der Waals surface area contributed by atoms with E-state index in [1.54, 1.807) is 6.92 Å². The standard InChI is InChI=1S/C18H22FN5O4/c1-10-14(25)15(26)17(28-10)24-9-13(19)16(21-18(24)27)22-20-8-11-4-6-12(7-5-11)23(2)3/h4-10,14-15,17,25-26H,1-3H3,(H,21,22,27)/b20-8+/t10-,14-,15-,17-/m1/s1. The molecule has 1 fully saturated rings. The van der Waals surface area contributed by atoms with Gasteiger partial charge in [0.15, 0.2) is 17.9 Å². The van der Waals surface area contributed by atoms with Crippen molar-refractivity contribution in [3.05, 3.63) is 52.3 Å². The zero-order valence-electron chi connectivity index (χ0n) is 15.7. The Morgan fingerprint density at radius 2 is 1.96 bits per heavy atom. The minimum Gasteiger partial charge on any atom is -0.388 e. The quantitative estimate of drug-likeness (QED) is 0.504. The van der Waals surface area contributed by atoms with E-state index >= 15 is 0 Å². The highest BCUT2D eigenvalue weighted by Gasteiger charge is 2.42. The van der Waals surface area contributed by atoms with Crippen LogP contribution in [0, 0.1) is 5.82 Å². The van der Waals surface area contributed by atoms with Crippen molar-refractivity contribution in [3.8, 4) is 0 Å². The van der Waals surface area contributed by atoms with Gasteiger partial charge in [-0.2, -0.15) is 10.1 Å². The van der Waals surface area contributed by atoms with Crippen LogP contribution >= 0.6 is 0 Å². The average molecular weight is 391 g/mol. The molecule has 1 saturated heterocycles. The lowest BCUT2D eigenvalue weighted by molar-refractivity contribution is -0.0355. The Balaban J connectivity index is 1.73. The summed E-state index contributed by atoms with van der Waals surface area (Å²) in [5.41, 5.74) is 3.35. The lowest BCUT2D eigenvalue weighted by atomic mass is 10.1. The predicted octanol–water partition coefficient (Wildman–Crippen LogP) is 0.533. The molecule has 28 heavy (non-hydrogen) atoms. The van der Waals surface area contributed by atoms with Crippen LogP contribution in [0.15, 0.2) is 40.4 Å². The SMILES string of the molecule is C[C@H]1O[C@@H](n2cc(F)c(N/N=C/c3ccc(N(C)C)cc3)nc2=O)[C@H](O)[C@@H]1O. The number of hydrogen-bond acceptors (Lipinski definition) is 8. The van der Waals surface area contributed by atoms with E-state index < -0.39 is 36.0 Å². The van der Waals surface area contributed by atoms with Crippen molar-refractivity contribution in [1.82, 2.24) is 9.55 Å². The van der Waals surface area contributed by atoms with Gasteiger partial charge in [-0.15, -0.1) is 0 Å². The Kier molecular flexibility index (Phi) is 5.73. The number of aliphatic hydroxyl groups is 2. The molecule has 2 heterocycles. The molecule has 4 atom stereocenters. The summed E-state index contributed by atoms with van der Waals surface area (Å²) in [6.07, 6.45) is -2.13. The average Bonchev–Trinajstić information content (AvgIpc) is 2.92. The molecule has 10 heteroatoms. The van der Waals surface area contributed by atoms with E-state index in [-0.39, 0.29) is 5.82 Å². The van der Waals surface area contributed by atoms with Crippen LogP contribution in [0.4, 0.5) is 15.9 Å². The molecule has 0 aliphatic carbocycles. The van der Waals surface area contributed by atoms with Crippen LogP contribution in [0.25, 0.3) is 0 Å². The lowest BCUT2D eigenvalue weighted by Gasteiger charge is -2.17. The summed E-state index contributed by atoms with van der Waals surface area (Å²) in [6.45, 7) is 1.54. The van der Waals surface area contributed by atoms with Crippen LogP contribution in [0.1, 0.15) is 18.7 Å². The molecule has 9 nitrogen and oxygen atoms in total. The van der Waals surface area contributed by atoms with E-state index in [4.69, 9.17) is 4.74 Å². The fraction of sp³-hybridized carbons (Fsp3) is 0.389. The molecule has 0 amide bonds. The van der Waals surface area contributed by atoms with Crippen LogP contribution in [0.5, 0.6) is 0 Å². The number of benzene rings is 1. The van der Waals surface area contributed by atoms with Crippen LogP contribution in [0.2, 0.25) is 0 Å². The highest BCUT2D eigenvalue weighted by atomic mass is 19.1. The molecule has 3 rings (SSSR count). The summed E-state index contributed by atoms with van der Waals surface area (Å²) >= 11 is 0. The maximum Gasteiger partial charge on any atom is 0.351 e. The van der Waals surface area contributed by atoms with Crippen molar-refractivity contribution in [2.75, 3.05) is 24.4 Å². The van der Waals surface area contributed by atoms with Crippen LogP contribution in [-0.2, 0) is 4.74 Å². The molecular formula is C18H22FN5O4. The molecule has 1 aromatic heterocycles. The van der Waals surface area contributed by atoms with Gasteiger partial charge in [0.05, 0.1) is 18.5 Å². The van der Waals surface area contributed by atoms with Gasteiger partial charge in [-0.05, 0) is 24.6 Å². The Hall–Kier alpha value is -2.82. The van der Waals surface area contributed by atoms with Crippen molar-refractivity contribution in [2.24, 2.45) is 5.10 Å². The van der Waals surface area contributed by atoms with Gasteiger partial charge in [0, 0.05) is 19.8 Å². The van der Waals surface area contributed by atoms with Crippen molar-refractivity contribution in [3.63, 3.8) is 0 Å². The zero-order valence-corrected chi connectivity index (χ0v) is 15.7. The summed E-state index contributed by atoms with van der Waals surface area (Å²) in [5, 5.41) is 23.6. The molecule has 0 unspecified atom stereocenters. The van der Waals surface area contributed by atoms with Gasteiger partial charge >= 0.3 is 5.69 Å². The molecular weight excluding hydrogens is 369 g/mol. The molecule has 0 bridgehead atoms. The third-order valence-corrected chi connectivity index (χ3v) is 4.45. The third-order valence-electron chi connectivity index (χ3n) is 4.45. The molecule has 1 aliphatic rings. The zero-order chi connectivity index (χ0) is 20.4.